The molecule has 2 N–H and O–H groups in total. The number of aliphatic hydroxyl groups is 1. The highest BCUT2D eigenvalue weighted by Crippen LogP contribution is 2.34. The molecule has 1 aromatic carbocycles. The van der Waals surface area contributed by atoms with E-state index >= 15 is 0 Å². The molecule has 1 aliphatic rings. The second-order valence-corrected chi connectivity index (χ2v) is 4.66. The Morgan fingerprint density at radius 2 is 2.24 bits per heavy atom. The van der Waals surface area contributed by atoms with Crippen molar-refractivity contribution in [3.05, 3.63) is 29.8 Å². The molecule has 1 fully saturated rings. The van der Waals surface area contributed by atoms with Crippen molar-refractivity contribution >= 4 is 0 Å². The van der Waals surface area contributed by atoms with E-state index in [-0.39, 0.29) is 0 Å². The first-order valence-corrected chi connectivity index (χ1v) is 6.42. The third kappa shape index (κ3) is 2.79. The van der Waals surface area contributed by atoms with Crippen LogP contribution in [0.3, 0.4) is 0 Å². The first-order chi connectivity index (χ1) is 8.26. The second kappa shape index (κ2) is 5.52. The molecule has 0 aromatic heterocycles. The summed E-state index contributed by atoms with van der Waals surface area (Å²) in [4.78, 5) is 0. The molecule has 1 aromatic rings. The van der Waals surface area contributed by atoms with Crippen molar-refractivity contribution in [3.8, 4) is 5.75 Å². The number of para-hydroxylation sites is 1. The minimum Gasteiger partial charge on any atom is -0.493 e. The lowest BCUT2D eigenvalue weighted by Crippen LogP contribution is -2.43. The third-order valence-electron chi connectivity index (χ3n) is 3.21. The van der Waals surface area contributed by atoms with Gasteiger partial charge < -0.3 is 15.2 Å². The molecule has 1 heterocycles. The van der Waals surface area contributed by atoms with Gasteiger partial charge in [-0.3, -0.25) is 0 Å². The summed E-state index contributed by atoms with van der Waals surface area (Å²) in [6.07, 6.45) is 2.77. The summed E-state index contributed by atoms with van der Waals surface area (Å²) in [6.45, 7) is 4.37. The van der Waals surface area contributed by atoms with Crippen LogP contribution in [0.15, 0.2) is 24.3 Å². The number of nitrogens with one attached hydrogen (secondary N) is 1. The van der Waals surface area contributed by atoms with Crippen LogP contribution >= 0.6 is 0 Å². The molecule has 0 saturated carbocycles. The minimum atomic E-state index is -0.775. The molecular weight excluding hydrogens is 214 g/mol. The van der Waals surface area contributed by atoms with E-state index in [2.05, 4.69) is 12.2 Å². The normalized spacial score (nSPS) is 24.6. The van der Waals surface area contributed by atoms with Gasteiger partial charge in [-0.05, 0) is 31.9 Å². The van der Waals surface area contributed by atoms with Crippen molar-refractivity contribution in [2.24, 2.45) is 0 Å². The maximum atomic E-state index is 10.7. The summed E-state index contributed by atoms with van der Waals surface area (Å²) < 4.78 is 5.72. The van der Waals surface area contributed by atoms with E-state index in [1.165, 1.54) is 0 Å². The molecular formula is C14H21NO2. The largest absolute Gasteiger partial charge is 0.493 e. The minimum absolute atomic E-state index is 0.611. The molecule has 1 saturated heterocycles. The van der Waals surface area contributed by atoms with Gasteiger partial charge >= 0.3 is 0 Å². The molecule has 3 heteroatoms. The third-order valence-corrected chi connectivity index (χ3v) is 3.21. The summed E-state index contributed by atoms with van der Waals surface area (Å²) >= 11 is 0. The van der Waals surface area contributed by atoms with Crippen molar-refractivity contribution in [1.29, 1.82) is 0 Å². The Labute approximate surface area is 103 Å². The van der Waals surface area contributed by atoms with Crippen molar-refractivity contribution in [2.75, 3.05) is 19.7 Å². The Kier molecular flexibility index (Phi) is 4.02. The fourth-order valence-corrected chi connectivity index (χ4v) is 2.31. The predicted octanol–water partition coefficient (Wildman–Crippen LogP) is 2.05. The average molecular weight is 235 g/mol. The standard InChI is InChI=1S/C14H21NO2/c1-2-10-17-13-7-4-3-6-12(13)14(16)8-5-9-15-11-14/h3-4,6-7,15-16H,2,5,8-11H2,1H3. The zero-order valence-corrected chi connectivity index (χ0v) is 10.4. The van der Waals surface area contributed by atoms with Crippen LogP contribution in [-0.2, 0) is 5.60 Å². The Balaban J connectivity index is 2.23. The van der Waals surface area contributed by atoms with E-state index in [1.54, 1.807) is 0 Å². The highest BCUT2D eigenvalue weighted by Gasteiger charge is 2.33. The highest BCUT2D eigenvalue weighted by molar-refractivity contribution is 5.38. The first-order valence-electron chi connectivity index (χ1n) is 6.42. The summed E-state index contributed by atoms with van der Waals surface area (Å²) in [5.41, 5.74) is 0.142. The molecule has 0 radical (unpaired) electrons. The van der Waals surface area contributed by atoms with Crippen molar-refractivity contribution in [2.45, 2.75) is 31.8 Å². The number of β-amino-alcohol motifs (C(OH)–C–C–N with tert-alkyl or cyclic N) is 1. The van der Waals surface area contributed by atoms with Gasteiger partial charge in [-0.25, -0.2) is 0 Å². The topological polar surface area (TPSA) is 41.5 Å². The maximum Gasteiger partial charge on any atom is 0.125 e. The smallest absolute Gasteiger partial charge is 0.125 e. The fraction of sp³-hybridized carbons (Fsp3) is 0.571. The molecule has 0 aliphatic carbocycles. The number of ether oxygens (including phenoxy) is 1. The molecule has 0 amide bonds. The molecule has 2 rings (SSSR count). The quantitative estimate of drug-likeness (QED) is 0.839. The van der Waals surface area contributed by atoms with Gasteiger partial charge in [0.1, 0.15) is 11.4 Å². The molecule has 1 aliphatic heterocycles. The molecule has 0 spiro atoms. The Morgan fingerprint density at radius 1 is 1.41 bits per heavy atom. The van der Waals surface area contributed by atoms with Gasteiger partial charge in [-0.15, -0.1) is 0 Å². The summed E-state index contributed by atoms with van der Waals surface area (Å²) in [5.74, 6) is 0.820. The Hall–Kier alpha value is -1.06. The van der Waals surface area contributed by atoms with Gasteiger partial charge in [0.15, 0.2) is 0 Å². The van der Waals surface area contributed by atoms with Crippen LogP contribution in [0.5, 0.6) is 5.75 Å². The fourth-order valence-electron chi connectivity index (χ4n) is 2.31. The zero-order valence-electron chi connectivity index (χ0n) is 10.4. The van der Waals surface area contributed by atoms with Crippen LogP contribution in [0.4, 0.5) is 0 Å². The van der Waals surface area contributed by atoms with Crippen LogP contribution < -0.4 is 10.1 Å². The number of benzene rings is 1. The summed E-state index contributed by atoms with van der Waals surface area (Å²) in [6, 6.07) is 7.82. The molecule has 0 bridgehead atoms. The summed E-state index contributed by atoms with van der Waals surface area (Å²) in [7, 11) is 0. The van der Waals surface area contributed by atoms with Crippen LogP contribution in [0.1, 0.15) is 31.7 Å². The van der Waals surface area contributed by atoms with E-state index in [9.17, 15) is 5.11 Å². The number of piperidine rings is 1. The molecule has 17 heavy (non-hydrogen) atoms. The summed E-state index contributed by atoms with van der Waals surface area (Å²) in [5, 5.41) is 13.9. The van der Waals surface area contributed by atoms with E-state index in [4.69, 9.17) is 4.74 Å². The lowest BCUT2D eigenvalue weighted by atomic mass is 9.86. The second-order valence-electron chi connectivity index (χ2n) is 4.66. The van der Waals surface area contributed by atoms with E-state index in [0.717, 1.165) is 37.1 Å². The maximum absolute atomic E-state index is 10.7. The molecule has 94 valence electrons. The Bertz CT molecular complexity index is 359. The van der Waals surface area contributed by atoms with Crippen LogP contribution in [-0.4, -0.2) is 24.8 Å². The lowest BCUT2D eigenvalue weighted by molar-refractivity contribution is 0.00974. The van der Waals surface area contributed by atoms with Gasteiger partial charge in [0, 0.05) is 12.1 Å². The lowest BCUT2D eigenvalue weighted by Gasteiger charge is -2.34. The highest BCUT2D eigenvalue weighted by atomic mass is 16.5. The molecule has 1 atom stereocenters. The Morgan fingerprint density at radius 3 is 2.94 bits per heavy atom. The van der Waals surface area contributed by atoms with Crippen molar-refractivity contribution < 1.29 is 9.84 Å². The van der Waals surface area contributed by atoms with E-state index in [0.29, 0.717) is 13.2 Å². The van der Waals surface area contributed by atoms with Crippen LogP contribution in [0.25, 0.3) is 0 Å². The number of hydrogen-bond donors (Lipinski definition) is 2. The number of rotatable bonds is 4. The monoisotopic (exact) mass is 235 g/mol. The zero-order chi connectivity index (χ0) is 12.1. The van der Waals surface area contributed by atoms with Gasteiger partial charge in [0.25, 0.3) is 0 Å². The first kappa shape index (κ1) is 12.4. The van der Waals surface area contributed by atoms with E-state index < -0.39 is 5.60 Å². The van der Waals surface area contributed by atoms with E-state index in [1.807, 2.05) is 24.3 Å². The van der Waals surface area contributed by atoms with Crippen molar-refractivity contribution in [3.63, 3.8) is 0 Å². The van der Waals surface area contributed by atoms with Gasteiger partial charge in [-0.2, -0.15) is 0 Å². The van der Waals surface area contributed by atoms with Crippen LogP contribution in [0.2, 0.25) is 0 Å². The van der Waals surface area contributed by atoms with Gasteiger partial charge in [0.2, 0.25) is 0 Å². The predicted molar refractivity (Wildman–Crippen MR) is 68.2 cm³/mol. The molecule has 1 unspecified atom stereocenters. The average Bonchev–Trinajstić information content (AvgIpc) is 2.37. The van der Waals surface area contributed by atoms with Gasteiger partial charge in [0.05, 0.1) is 6.61 Å². The van der Waals surface area contributed by atoms with Crippen LogP contribution in [0, 0.1) is 0 Å². The molecule has 3 nitrogen and oxygen atoms in total. The SMILES string of the molecule is CCCOc1ccccc1C1(O)CCCNC1. The number of hydrogen-bond acceptors (Lipinski definition) is 3. The van der Waals surface area contributed by atoms with Gasteiger partial charge in [-0.1, -0.05) is 25.1 Å². The van der Waals surface area contributed by atoms with Crippen molar-refractivity contribution in [1.82, 2.24) is 5.32 Å².